The predicted molar refractivity (Wildman–Crippen MR) is 87.1 cm³/mol. The Morgan fingerprint density at radius 3 is 2.38 bits per heavy atom. The molecule has 1 aromatic carbocycles. The molecular weight excluding hydrogens is 304 g/mol. The number of benzene rings is 1. The van der Waals surface area contributed by atoms with Gasteiger partial charge in [-0.25, -0.2) is 18.1 Å². The highest BCUT2D eigenvalue weighted by atomic mass is 32.2. The Bertz CT molecular complexity index is 756. The molecule has 0 aliphatic carbocycles. The first-order valence-corrected chi connectivity index (χ1v) is 9.02. The van der Waals surface area contributed by atoms with Crippen LogP contribution in [0.5, 0.6) is 0 Å². The molecule has 0 aliphatic rings. The van der Waals surface area contributed by atoms with E-state index >= 15 is 0 Å². The Hall–Kier alpha value is -1.24. The van der Waals surface area contributed by atoms with Gasteiger partial charge in [0.05, 0.1) is 15.6 Å². The summed E-state index contributed by atoms with van der Waals surface area (Å²) in [5, 5.41) is 2.90. The van der Waals surface area contributed by atoms with Crippen molar-refractivity contribution in [1.29, 1.82) is 0 Å². The Labute approximate surface area is 130 Å². The van der Waals surface area contributed by atoms with Crippen molar-refractivity contribution in [2.45, 2.75) is 45.1 Å². The third kappa shape index (κ3) is 3.90. The first kappa shape index (κ1) is 16.1. The maximum atomic E-state index is 12.5. The summed E-state index contributed by atoms with van der Waals surface area (Å²) in [7, 11) is -3.55. The standard InChI is InChI=1S/C15H20N2O2S2/c1-10-6-7-12(13-9-20-11(2)16-13)8-14(10)21(18,19)17-15(3,4)5/h6-9,17H,1-5H3. The maximum Gasteiger partial charge on any atom is 0.241 e. The molecule has 1 aromatic heterocycles. The van der Waals surface area contributed by atoms with E-state index in [1.54, 1.807) is 24.3 Å². The fourth-order valence-corrected chi connectivity index (χ4v) is 4.32. The Morgan fingerprint density at radius 1 is 1.19 bits per heavy atom. The molecule has 0 amide bonds. The van der Waals surface area contributed by atoms with Gasteiger partial charge in [-0.15, -0.1) is 11.3 Å². The molecule has 114 valence electrons. The van der Waals surface area contributed by atoms with Crippen molar-refractivity contribution >= 4 is 21.4 Å². The molecule has 0 bridgehead atoms. The van der Waals surface area contributed by atoms with Crippen LogP contribution in [0.2, 0.25) is 0 Å². The topological polar surface area (TPSA) is 59.1 Å². The molecule has 0 fully saturated rings. The highest BCUT2D eigenvalue weighted by Crippen LogP contribution is 2.26. The van der Waals surface area contributed by atoms with Crippen LogP contribution >= 0.6 is 11.3 Å². The van der Waals surface area contributed by atoms with Crippen LogP contribution in [-0.2, 0) is 10.0 Å². The Balaban J connectivity index is 2.50. The second kappa shape index (κ2) is 5.51. The molecule has 4 nitrogen and oxygen atoms in total. The monoisotopic (exact) mass is 324 g/mol. The SMILES string of the molecule is Cc1nc(-c2ccc(C)c(S(=O)(=O)NC(C)(C)C)c2)cs1. The maximum absolute atomic E-state index is 12.5. The molecule has 0 saturated carbocycles. The zero-order valence-corrected chi connectivity index (χ0v) is 14.5. The van der Waals surface area contributed by atoms with Crippen LogP contribution in [0.4, 0.5) is 0 Å². The number of hydrogen-bond donors (Lipinski definition) is 1. The zero-order chi connectivity index (χ0) is 15.8. The van der Waals surface area contributed by atoms with Crippen LogP contribution in [0.15, 0.2) is 28.5 Å². The Morgan fingerprint density at radius 2 is 1.86 bits per heavy atom. The van der Waals surface area contributed by atoms with Gasteiger partial charge in [-0.05, 0) is 46.2 Å². The van der Waals surface area contributed by atoms with Gasteiger partial charge in [-0.1, -0.05) is 12.1 Å². The lowest BCUT2D eigenvalue weighted by molar-refractivity contribution is 0.491. The van der Waals surface area contributed by atoms with E-state index in [4.69, 9.17) is 0 Å². The summed E-state index contributed by atoms with van der Waals surface area (Å²) < 4.78 is 27.7. The van der Waals surface area contributed by atoms with Crippen LogP contribution in [-0.4, -0.2) is 18.9 Å². The predicted octanol–water partition coefficient (Wildman–Crippen LogP) is 3.50. The number of thiazole rings is 1. The minimum absolute atomic E-state index is 0.306. The van der Waals surface area contributed by atoms with Gasteiger partial charge >= 0.3 is 0 Å². The quantitative estimate of drug-likeness (QED) is 0.940. The summed E-state index contributed by atoms with van der Waals surface area (Å²) in [6.07, 6.45) is 0. The van der Waals surface area contributed by atoms with E-state index in [0.717, 1.165) is 21.8 Å². The fraction of sp³-hybridized carbons (Fsp3) is 0.400. The van der Waals surface area contributed by atoms with Crippen LogP contribution in [0.25, 0.3) is 11.3 Å². The van der Waals surface area contributed by atoms with E-state index in [1.807, 2.05) is 45.2 Å². The van der Waals surface area contributed by atoms with E-state index in [1.165, 1.54) is 0 Å². The van der Waals surface area contributed by atoms with Gasteiger partial charge in [-0.3, -0.25) is 0 Å². The highest BCUT2D eigenvalue weighted by molar-refractivity contribution is 7.89. The van der Waals surface area contributed by atoms with Crippen molar-refractivity contribution in [3.63, 3.8) is 0 Å². The van der Waals surface area contributed by atoms with Crippen molar-refractivity contribution in [3.8, 4) is 11.3 Å². The lowest BCUT2D eigenvalue weighted by Gasteiger charge is -2.21. The summed E-state index contributed by atoms with van der Waals surface area (Å²) in [4.78, 5) is 4.72. The average molecular weight is 324 g/mol. The molecule has 1 N–H and O–H groups in total. The molecule has 0 aliphatic heterocycles. The van der Waals surface area contributed by atoms with Gasteiger partial charge in [-0.2, -0.15) is 0 Å². The molecule has 6 heteroatoms. The number of rotatable bonds is 3. The molecule has 2 rings (SSSR count). The van der Waals surface area contributed by atoms with E-state index in [2.05, 4.69) is 9.71 Å². The summed E-state index contributed by atoms with van der Waals surface area (Å²) in [5.41, 5.74) is 1.84. The molecule has 0 spiro atoms. The first-order chi connectivity index (χ1) is 9.58. The number of nitrogens with zero attached hydrogens (tertiary/aromatic N) is 1. The van der Waals surface area contributed by atoms with E-state index in [9.17, 15) is 8.42 Å². The normalized spacial score (nSPS) is 12.6. The van der Waals surface area contributed by atoms with Crippen LogP contribution < -0.4 is 4.72 Å². The van der Waals surface area contributed by atoms with E-state index in [0.29, 0.717) is 4.90 Å². The Kier molecular flexibility index (Phi) is 4.24. The van der Waals surface area contributed by atoms with Crippen molar-refractivity contribution in [2.24, 2.45) is 0 Å². The van der Waals surface area contributed by atoms with Gasteiger partial charge < -0.3 is 0 Å². The minimum Gasteiger partial charge on any atom is -0.242 e. The minimum atomic E-state index is -3.55. The van der Waals surface area contributed by atoms with Crippen LogP contribution in [0.3, 0.4) is 0 Å². The van der Waals surface area contributed by atoms with Crippen LogP contribution in [0, 0.1) is 13.8 Å². The number of sulfonamides is 1. The number of aryl methyl sites for hydroxylation is 2. The smallest absolute Gasteiger partial charge is 0.241 e. The second-order valence-electron chi connectivity index (χ2n) is 6.09. The molecule has 1 heterocycles. The van der Waals surface area contributed by atoms with Crippen molar-refractivity contribution < 1.29 is 8.42 Å². The highest BCUT2D eigenvalue weighted by Gasteiger charge is 2.24. The zero-order valence-electron chi connectivity index (χ0n) is 12.9. The lowest BCUT2D eigenvalue weighted by Crippen LogP contribution is -2.40. The second-order valence-corrected chi connectivity index (χ2v) is 8.80. The largest absolute Gasteiger partial charge is 0.242 e. The molecule has 21 heavy (non-hydrogen) atoms. The van der Waals surface area contributed by atoms with E-state index < -0.39 is 15.6 Å². The summed E-state index contributed by atoms with van der Waals surface area (Å²) in [5.74, 6) is 0. The van der Waals surface area contributed by atoms with Crippen LogP contribution in [0.1, 0.15) is 31.3 Å². The number of nitrogens with one attached hydrogen (secondary N) is 1. The third-order valence-corrected chi connectivity index (χ3v) is 5.51. The van der Waals surface area contributed by atoms with Crippen molar-refractivity contribution in [3.05, 3.63) is 34.2 Å². The van der Waals surface area contributed by atoms with Crippen molar-refractivity contribution in [2.75, 3.05) is 0 Å². The molecular formula is C15H20N2O2S2. The molecule has 0 unspecified atom stereocenters. The summed E-state index contributed by atoms with van der Waals surface area (Å²) in [6.45, 7) is 9.21. The van der Waals surface area contributed by atoms with Crippen molar-refractivity contribution in [1.82, 2.24) is 9.71 Å². The number of aromatic nitrogens is 1. The summed E-state index contributed by atoms with van der Waals surface area (Å²) >= 11 is 1.55. The molecule has 0 saturated heterocycles. The third-order valence-electron chi connectivity index (χ3n) is 2.83. The van der Waals surface area contributed by atoms with Gasteiger partial charge in [0, 0.05) is 16.5 Å². The molecule has 0 radical (unpaired) electrons. The van der Waals surface area contributed by atoms with Gasteiger partial charge in [0.2, 0.25) is 10.0 Å². The molecule has 0 atom stereocenters. The summed E-state index contributed by atoms with van der Waals surface area (Å²) in [6, 6.07) is 5.42. The van der Waals surface area contributed by atoms with Gasteiger partial charge in [0.15, 0.2) is 0 Å². The lowest BCUT2D eigenvalue weighted by atomic mass is 10.1. The fourth-order valence-electron chi connectivity index (χ4n) is 2.00. The van der Waals surface area contributed by atoms with E-state index in [-0.39, 0.29) is 0 Å². The van der Waals surface area contributed by atoms with Gasteiger partial charge in [0.25, 0.3) is 0 Å². The first-order valence-electron chi connectivity index (χ1n) is 6.66. The average Bonchev–Trinajstić information content (AvgIpc) is 2.73. The number of hydrogen-bond acceptors (Lipinski definition) is 4. The molecule has 2 aromatic rings. The van der Waals surface area contributed by atoms with Gasteiger partial charge in [0.1, 0.15) is 0 Å².